The molecule has 0 atom stereocenters. The van der Waals surface area contributed by atoms with E-state index in [2.05, 4.69) is 17.1 Å². The van der Waals surface area contributed by atoms with Crippen molar-refractivity contribution in [2.45, 2.75) is 18.7 Å². The standard InChI is InChI=1S/C27H27ClN2O7S/c1-4-14-36-23-13-12-20(17-24(23)34-5-2)27(31)30-29-18-19-15-22(28)26(25(16-19)35-6-3)37-38(32,33)21-10-8-7-9-11-21/h4,7-13,15-18H,1,5-6,14H2,2-3H3,(H,30,31)/b29-18+. The van der Waals surface area contributed by atoms with Crippen LogP contribution < -0.4 is 23.8 Å². The van der Waals surface area contributed by atoms with E-state index in [4.69, 9.17) is 30.0 Å². The van der Waals surface area contributed by atoms with Crippen LogP contribution in [-0.2, 0) is 10.1 Å². The van der Waals surface area contributed by atoms with Gasteiger partial charge in [0, 0.05) is 5.56 Å². The molecule has 0 heterocycles. The summed E-state index contributed by atoms with van der Waals surface area (Å²) in [6, 6.07) is 15.4. The number of halogens is 1. The largest absolute Gasteiger partial charge is 0.490 e. The van der Waals surface area contributed by atoms with Gasteiger partial charge in [-0.2, -0.15) is 13.5 Å². The van der Waals surface area contributed by atoms with Crippen molar-refractivity contribution in [3.8, 4) is 23.0 Å². The zero-order valence-electron chi connectivity index (χ0n) is 20.8. The lowest BCUT2D eigenvalue weighted by atomic mass is 10.2. The van der Waals surface area contributed by atoms with Crippen LogP contribution in [0.3, 0.4) is 0 Å². The van der Waals surface area contributed by atoms with Crippen molar-refractivity contribution in [3.05, 3.63) is 89.5 Å². The zero-order valence-corrected chi connectivity index (χ0v) is 22.4. The molecule has 0 unspecified atom stereocenters. The van der Waals surface area contributed by atoms with E-state index >= 15 is 0 Å². The number of ether oxygens (including phenoxy) is 3. The molecule has 0 radical (unpaired) electrons. The molecule has 38 heavy (non-hydrogen) atoms. The van der Waals surface area contributed by atoms with Gasteiger partial charge in [-0.15, -0.1) is 0 Å². The van der Waals surface area contributed by atoms with E-state index in [0.29, 0.717) is 35.8 Å². The minimum atomic E-state index is -4.14. The second-order valence-electron chi connectivity index (χ2n) is 7.51. The molecular formula is C27H27ClN2O7S. The molecule has 1 N–H and O–H groups in total. The monoisotopic (exact) mass is 558 g/mol. The molecule has 1 amide bonds. The van der Waals surface area contributed by atoms with Crippen LogP contribution >= 0.6 is 11.6 Å². The number of rotatable bonds is 13. The Balaban J connectivity index is 1.78. The van der Waals surface area contributed by atoms with Crippen molar-refractivity contribution in [2.24, 2.45) is 5.10 Å². The third-order valence-corrected chi connectivity index (χ3v) is 6.32. The normalized spacial score (nSPS) is 11.1. The highest BCUT2D eigenvalue weighted by Gasteiger charge is 2.22. The van der Waals surface area contributed by atoms with Gasteiger partial charge >= 0.3 is 10.1 Å². The van der Waals surface area contributed by atoms with E-state index in [1.165, 1.54) is 30.5 Å². The molecule has 0 spiro atoms. The number of hydrogen-bond acceptors (Lipinski definition) is 8. The predicted octanol–water partition coefficient (Wildman–Crippen LogP) is 5.23. The maximum atomic E-state index is 12.7. The molecule has 3 aromatic rings. The molecule has 0 aliphatic rings. The SMILES string of the molecule is C=CCOc1ccc(C(=O)N/N=C/c2cc(Cl)c(OS(=O)(=O)c3ccccc3)c(OCC)c2)cc1OCC. The van der Waals surface area contributed by atoms with Crippen molar-refractivity contribution in [1.82, 2.24) is 5.43 Å². The number of nitrogens with zero attached hydrogens (tertiary/aromatic N) is 1. The van der Waals surface area contributed by atoms with Gasteiger partial charge in [0.1, 0.15) is 11.5 Å². The Morgan fingerprint density at radius 3 is 2.37 bits per heavy atom. The summed E-state index contributed by atoms with van der Waals surface area (Å²) in [6.07, 6.45) is 2.95. The molecule has 0 aliphatic carbocycles. The fourth-order valence-corrected chi connectivity index (χ4v) is 4.45. The number of benzene rings is 3. The lowest BCUT2D eigenvalue weighted by molar-refractivity contribution is 0.0954. The summed E-state index contributed by atoms with van der Waals surface area (Å²) < 4.78 is 47.3. The van der Waals surface area contributed by atoms with Crippen LogP contribution in [0.2, 0.25) is 5.02 Å². The van der Waals surface area contributed by atoms with E-state index in [1.54, 1.807) is 49.4 Å². The Morgan fingerprint density at radius 1 is 0.974 bits per heavy atom. The summed E-state index contributed by atoms with van der Waals surface area (Å²) in [5.74, 6) is 0.369. The summed E-state index contributed by atoms with van der Waals surface area (Å²) >= 11 is 6.35. The minimum Gasteiger partial charge on any atom is -0.490 e. The Kier molecular flexibility index (Phi) is 10.1. The number of carbonyl (C=O) groups excluding carboxylic acids is 1. The van der Waals surface area contributed by atoms with Crippen molar-refractivity contribution >= 4 is 33.8 Å². The first kappa shape index (κ1) is 28.5. The van der Waals surface area contributed by atoms with Gasteiger partial charge < -0.3 is 18.4 Å². The van der Waals surface area contributed by atoms with E-state index in [1.807, 2.05) is 6.92 Å². The molecule has 0 saturated heterocycles. The Labute approximate surface area is 226 Å². The summed E-state index contributed by atoms with van der Waals surface area (Å²) in [6.45, 7) is 8.08. The van der Waals surface area contributed by atoms with Crippen molar-refractivity contribution in [3.63, 3.8) is 0 Å². The predicted molar refractivity (Wildman–Crippen MR) is 145 cm³/mol. The van der Waals surface area contributed by atoms with E-state index in [-0.39, 0.29) is 28.0 Å². The maximum Gasteiger partial charge on any atom is 0.339 e. The van der Waals surface area contributed by atoms with Crippen LogP contribution in [-0.4, -0.2) is 40.4 Å². The first-order chi connectivity index (χ1) is 18.3. The van der Waals surface area contributed by atoms with E-state index < -0.39 is 16.0 Å². The lowest BCUT2D eigenvalue weighted by Gasteiger charge is -2.14. The molecule has 0 aromatic heterocycles. The summed E-state index contributed by atoms with van der Waals surface area (Å²) in [4.78, 5) is 12.6. The van der Waals surface area contributed by atoms with Crippen LogP contribution in [0.15, 0.2) is 83.3 Å². The molecule has 0 aliphatic heterocycles. The van der Waals surface area contributed by atoms with Gasteiger partial charge in [0.05, 0.1) is 24.5 Å². The van der Waals surface area contributed by atoms with Crippen LogP contribution in [0.4, 0.5) is 0 Å². The molecular weight excluding hydrogens is 532 g/mol. The second kappa shape index (κ2) is 13.5. The molecule has 0 fully saturated rings. The summed E-state index contributed by atoms with van der Waals surface area (Å²) in [5.41, 5.74) is 3.17. The molecule has 9 nitrogen and oxygen atoms in total. The average molecular weight is 559 g/mol. The zero-order chi connectivity index (χ0) is 27.5. The molecule has 3 rings (SSSR count). The first-order valence-corrected chi connectivity index (χ1v) is 13.4. The molecule has 3 aromatic carbocycles. The van der Waals surface area contributed by atoms with Gasteiger partial charge in [0.15, 0.2) is 17.2 Å². The van der Waals surface area contributed by atoms with Crippen LogP contribution in [0.1, 0.15) is 29.8 Å². The first-order valence-electron chi connectivity index (χ1n) is 11.6. The molecule has 0 bridgehead atoms. The highest BCUT2D eigenvalue weighted by Crippen LogP contribution is 2.38. The lowest BCUT2D eigenvalue weighted by Crippen LogP contribution is -2.18. The Hall–Kier alpha value is -4.02. The summed E-state index contributed by atoms with van der Waals surface area (Å²) in [5, 5.41) is 3.96. The number of carbonyl (C=O) groups is 1. The van der Waals surface area contributed by atoms with Gasteiger partial charge in [-0.1, -0.05) is 42.5 Å². The number of hydrazone groups is 1. The average Bonchev–Trinajstić information content (AvgIpc) is 2.90. The molecule has 200 valence electrons. The van der Waals surface area contributed by atoms with Gasteiger partial charge in [-0.25, -0.2) is 5.43 Å². The number of amides is 1. The highest BCUT2D eigenvalue weighted by atomic mass is 35.5. The van der Waals surface area contributed by atoms with Gasteiger partial charge in [0.2, 0.25) is 5.75 Å². The van der Waals surface area contributed by atoms with E-state index in [0.717, 1.165) is 0 Å². The summed E-state index contributed by atoms with van der Waals surface area (Å²) in [7, 11) is -4.14. The van der Waals surface area contributed by atoms with Gasteiger partial charge in [-0.3, -0.25) is 4.79 Å². The van der Waals surface area contributed by atoms with Crippen molar-refractivity contribution in [2.75, 3.05) is 19.8 Å². The third-order valence-electron chi connectivity index (χ3n) is 4.80. The highest BCUT2D eigenvalue weighted by molar-refractivity contribution is 7.87. The van der Waals surface area contributed by atoms with Crippen LogP contribution in [0.5, 0.6) is 23.0 Å². The van der Waals surface area contributed by atoms with Crippen molar-refractivity contribution in [1.29, 1.82) is 0 Å². The van der Waals surface area contributed by atoms with Crippen molar-refractivity contribution < 1.29 is 31.6 Å². The number of nitrogens with one attached hydrogen (secondary N) is 1. The Morgan fingerprint density at radius 2 is 1.68 bits per heavy atom. The quantitative estimate of drug-likeness (QED) is 0.132. The van der Waals surface area contributed by atoms with Crippen LogP contribution in [0, 0.1) is 0 Å². The second-order valence-corrected chi connectivity index (χ2v) is 9.46. The maximum absolute atomic E-state index is 12.7. The van der Waals surface area contributed by atoms with Gasteiger partial charge in [-0.05, 0) is 61.9 Å². The topological polar surface area (TPSA) is 113 Å². The third kappa shape index (κ3) is 7.50. The smallest absolute Gasteiger partial charge is 0.339 e. The fraction of sp³-hybridized carbons (Fsp3) is 0.185. The van der Waals surface area contributed by atoms with Gasteiger partial charge in [0.25, 0.3) is 5.91 Å². The molecule has 11 heteroatoms. The minimum absolute atomic E-state index is 0.0142. The molecule has 0 saturated carbocycles. The fourth-order valence-electron chi connectivity index (χ4n) is 3.17. The van der Waals surface area contributed by atoms with Crippen LogP contribution in [0.25, 0.3) is 0 Å². The number of hydrogen-bond donors (Lipinski definition) is 1. The van der Waals surface area contributed by atoms with E-state index in [9.17, 15) is 13.2 Å². The Bertz CT molecular complexity index is 1410.